The fourth-order valence-corrected chi connectivity index (χ4v) is 8.49. The molecule has 6 heteroatoms. The molecule has 0 N–H and O–H groups in total. The number of hydrogen-bond acceptors (Lipinski definition) is 6. The van der Waals surface area contributed by atoms with E-state index in [-0.39, 0.29) is 31.1 Å². The van der Waals surface area contributed by atoms with Crippen LogP contribution in [0.1, 0.15) is 297 Å². The smallest absolute Gasteiger partial charge is 0.306 e. The number of rotatable bonds is 55. The standard InChI is InChI=1S/C66H114O6/c1-4-7-10-13-16-19-22-25-28-31-33-36-38-41-44-47-50-53-56-59-65(68)71-62-63(61-70-64(67)58-55-52-49-46-43-40-37-34-30-27-24-21-18-15-12-9-6-3)72-66(69)60-57-54-51-48-45-42-39-35-32-29-26-23-20-17-14-11-8-5-2/h16,18-19,21,25,27-28,30,33,36-37,40-41,44,63H,4-15,17,20,22-24,26,29,31-32,34-35,38-39,42-43,45-62H2,1-3H3/b19-16-,21-18-,28-25-,30-27-,36-33-,40-37-,44-41-/t63-/m1/s1. The minimum Gasteiger partial charge on any atom is -0.462 e. The highest BCUT2D eigenvalue weighted by Gasteiger charge is 2.19. The van der Waals surface area contributed by atoms with Crippen LogP contribution >= 0.6 is 0 Å². The van der Waals surface area contributed by atoms with Gasteiger partial charge in [-0.05, 0) is 103 Å². The molecule has 6 nitrogen and oxygen atoms in total. The average molecular weight is 1000 g/mol. The van der Waals surface area contributed by atoms with Crippen molar-refractivity contribution in [2.75, 3.05) is 13.2 Å². The van der Waals surface area contributed by atoms with Gasteiger partial charge in [0.15, 0.2) is 6.10 Å². The van der Waals surface area contributed by atoms with E-state index in [1.165, 1.54) is 148 Å². The fraction of sp³-hybridized carbons (Fsp3) is 0.742. The van der Waals surface area contributed by atoms with Crippen LogP contribution in [0.3, 0.4) is 0 Å². The molecule has 0 aliphatic rings. The van der Waals surface area contributed by atoms with Gasteiger partial charge >= 0.3 is 17.9 Å². The third-order valence-corrected chi connectivity index (χ3v) is 13.1. The summed E-state index contributed by atoms with van der Waals surface area (Å²) in [6.45, 7) is 6.57. The van der Waals surface area contributed by atoms with Crippen LogP contribution in [-0.2, 0) is 28.6 Å². The molecule has 0 fully saturated rings. The summed E-state index contributed by atoms with van der Waals surface area (Å²) in [5.41, 5.74) is 0. The number of carbonyl (C=O) groups excluding carboxylic acids is 3. The molecule has 72 heavy (non-hydrogen) atoms. The van der Waals surface area contributed by atoms with E-state index in [2.05, 4.69) is 106 Å². The Hall–Kier alpha value is -3.41. The van der Waals surface area contributed by atoms with Gasteiger partial charge in [-0.3, -0.25) is 14.4 Å². The van der Waals surface area contributed by atoms with Crippen LogP contribution in [0.25, 0.3) is 0 Å². The zero-order valence-electron chi connectivity index (χ0n) is 47.4. The molecule has 0 aromatic rings. The van der Waals surface area contributed by atoms with Crippen LogP contribution in [0.5, 0.6) is 0 Å². The van der Waals surface area contributed by atoms with Gasteiger partial charge < -0.3 is 14.2 Å². The van der Waals surface area contributed by atoms with Crippen molar-refractivity contribution in [3.63, 3.8) is 0 Å². The molecule has 0 aliphatic heterocycles. The van der Waals surface area contributed by atoms with Gasteiger partial charge in [-0.15, -0.1) is 0 Å². The van der Waals surface area contributed by atoms with Crippen LogP contribution in [0.4, 0.5) is 0 Å². The molecule has 0 aromatic heterocycles. The topological polar surface area (TPSA) is 78.9 Å². The van der Waals surface area contributed by atoms with E-state index in [1.807, 2.05) is 0 Å². The van der Waals surface area contributed by atoms with E-state index < -0.39 is 6.10 Å². The van der Waals surface area contributed by atoms with E-state index in [0.29, 0.717) is 19.3 Å². The van der Waals surface area contributed by atoms with E-state index in [9.17, 15) is 14.4 Å². The predicted octanol–water partition coefficient (Wildman–Crippen LogP) is 20.7. The maximum atomic E-state index is 12.9. The quantitative estimate of drug-likeness (QED) is 0.0261. The normalized spacial score (nSPS) is 12.7. The summed E-state index contributed by atoms with van der Waals surface area (Å²) in [6.07, 6.45) is 78.6. The molecule has 0 saturated carbocycles. The van der Waals surface area contributed by atoms with E-state index in [1.54, 1.807) is 0 Å². The van der Waals surface area contributed by atoms with E-state index in [4.69, 9.17) is 14.2 Å². The number of esters is 3. The highest BCUT2D eigenvalue weighted by atomic mass is 16.6. The molecule has 414 valence electrons. The van der Waals surface area contributed by atoms with Crippen LogP contribution in [-0.4, -0.2) is 37.2 Å². The van der Waals surface area contributed by atoms with Crippen molar-refractivity contribution in [3.8, 4) is 0 Å². The SMILES string of the molecule is CCCCC/C=C\C/C=C\C/C=C\C/C=C\CCCCCC(=O)OC[C@@H](COC(=O)CCCCCC/C=C\C/C=C\C/C=C\CCCCC)OC(=O)CCCCCCCCCCCCCCCCCCCC. The molecule has 0 spiro atoms. The lowest BCUT2D eigenvalue weighted by Crippen LogP contribution is -2.30. The molecule has 0 rings (SSSR count). The molecule has 0 saturated heterocycles. The summed E-state index contributed by atoms with van der Waals surface area (Å²) in [5, 5.41) is 0. The first-order valence-corrected chi connectivity index (χ1v) is 30.6. The van der Waals surface area contributed by atoms with Crippen molar-refractivity contribution >= 4 is 17.9 Å². The minimum absolute atomic E-state index is 0.0967. The first kappa shape index (κ1) is 68.6. The molecule has 0 heterocycles. The maximum Gasteiger partial charge on any atom is 0.306 e. The molecule has 0 aliphatic carbocycles. The van der Waals surface area contributed by atoms with Crippen LogP contribution in [0.15, 0.2) is 85.1 Å². The van der Waals surface area contributed by atoms with Gasteiger partial charge in [-0.1, -0.05) is 260 Å². The zero-order chi connectivity index (χ0) is 52.2. The minimum atomic E-state index is -0.799. The third kappa shape index (κ3) is 57.5. The summed E-state index contributed by atoms with van der Waals surface area (Å²) in [7, 11) is 0. The Morgan fingerprint density at radius 2 is 0.500 bits per heavy atom. The van der Waals surface area contributed by atoms with Crippen molar-refractivity contribution in [1.82, 2.24) is 0 Å². The van der Waals surface area contributed by atoms with Crippen molar-refractivity contribution in [3.05, 3.63) is 85.1 Å². The monoisotopic (exact) mass is 1000 g/mol. The number of carbonyl (C=O) groups is 3. The van der Waals surface area contributed by atoms with Gasteiger partial charge in [0.05, 0.1) is 0 Å². The van der Waals surface area contributed by atoms with Gasteiger partial charge in [0.2, 0.25) is 0 Å². The summed E-state index contributed by atoms with van der Waals surface area (Å²) in [4.78, 5) is 38.3. The van der Waals surface area contributed by atoms with E-state index >= 15 is 0 Å². The average Bonchev–Trinajstić information content (AvgIpc) is 3.38. The molecule has 0 unspecified atom stereocenters. The Morgan fingerprint density at radius 1 is 0.278 bits per heavy atom. The molecular formula is C66H114O6. The lowest BCUT2D eigenvalue weighted by molar-refractivity contribution is -0.167. The molecule has 0 radical (unpaired) electrons. The number of unbranched alkanes of at least 4 members (excludes halogenated alkanes) is 30. The van der Waals surface area contributed by atoms with Crippen LogP contribution in [0, 0.1) is 0 Å². The van der Waals surface area contributed by atoms with Gasteiger partial charge in [-0.2, -0.15) is 0 Å². The van der Waals surface area contributed by atoms with Crippen molar-refractivity contribution < 1.29 is 28.6 Å². The zero-order valence-corrected chi connectivity index (χ0v) is 47.4. The van der Waals surface area contributed by atoms with Crippen LogP contribution < -0.4 is 0 Å². The second-order valence-corrected chi connectivity index (χ2v) is 20.3. The Kier molecular flexibility index (Phi) is 57.3. The highest BCUT2D eigenvalue weighted by Crippen LogP contribution is 2.16. The largest absolute Gasteiger partial charge is 0.462 e. The molecule has 0 aromatic carbocycles. The number of hydrogen-bond donors (Lipinski definition) is 0. The second-order valence-electron chi connectivity index (χ2n) is 20.3. The Labute approximate surface area is 445 Å². The van der Waals surface area contributed by atoms with Crippen LogP contribution in [0.2, 0.25) is 0 Å². The fourth-order valence-electron chi connectivity index (χ4n) is 8.49. The van der Waals surface area contributed by atoms with E-state index in [0.717, 1.165) is 109 Å². The molecular weight excluding hydrogens is 889 g/mol. The van der Waals surface area contributed by atoms with Crippen molar-refractivity contribution in [1.29, 1.82) is 0 Å². The van der Waals surface area contributed by atoms with Crippen molar-refractivity contribution in [2.45, 2.75) is 303 Å². The van der Waals surface area contributed by atoms with Gasteiger partial charge in [0, 0.05) is 19.3 Å². The number of ether oxygens (including phenoxy) is 3. The first-order chi connectivity index (χ1) is 35.5. The summed E-state index contributed by atoms with van der Waals surface area (Å²) >= 11 is 0. The molecule has 1 atom stereocenters. The lowest BCUT2D eigenvalue weighted by Gasteiger charge is -2.18. The second kappa shape index (κ2) is 60.1. The van der Waals surface area contributed by atoms with Crippen molar-refractivity contribution in [2.24, 2.45) is 0 Å². The summed E-state index contributed by atoms with van der Waals surface area (Å²) in [5.74, 6) is -0.936. The first-order valence-electron chi connectivity index (χ1n) is 30.6. The number of allylic oxidation sites excluding steroid dienone is 14. The van der Waals surface area contributed by atoms with Gasteiger partial charge in [0.25, 0.3) is 0 Å². The van der Waals surface area contributed by atoms with Gasteiger partial charge in [0.1, 0.15) is 13.2 Å². The predicted molar refractivity (Wildman–Crippen MR) is 311 cm³/mol. The summed E-state index contributed by atoms with van der Waals surface area (Å²) in [6, 6.07) is 0. The van der Waals surface area contributed by atoms with Gasteiger partial charge in [-0.25, -0.2) is 0 Å². The third-order valence-electron chi connectivity index (χ3n) is 13.1. The molecule has 0 bridgehead atoms. The Balaban J connectivity index is 4.47. The highest BCUT2D eigenvalue weighted by molar-refractivity contribution is 5.71. The summed E-state index contributed by atoms with van der Waals surface area (Å²) < 4.78 is 16.9. The Bertz CT molecular complexity index is 1380. The maximum absolute atomic E-state index is 12.9. The molecule has 0 amide bonds. The Morgan fingerprint density at radius 3 is 0.819 bits per heavy atom. The lowest BCUT2D eigenvalue weighted by atomic mass is 10.0.